The van der Waals surface area contributed by atoms with Gasteiger partial charge in [0, 0.05) is 13.1 Å². The minimum atomic E-state index is -0.0173. The quantitative estimate of drug-likeness (QED) is 0.494. The lowest BCUT2D eigenvalue weighted by atomic mass is 9.89. The normalized spacial score (nSPS) is 21.3. The van der Waals surface area contributed by atoms with Gasteiger partial charge in [-0.1, -0.05) is 55.0 Å². The van der Waals surface area contributed by atoms with E-state index in [2.05, 4.69) is 60.0 Å². The van der Waals surface area contributed by atoms with Crippen molar-refractivity contribution >= 4 is 16.3 Å². The average Bonchev–Trinajstić information content (AvgIpc) is 3.42. The Kier molecular flexibility index (Phi) is 4.87. The molecule has 0 spiro atoms. The largest absolute Gasteiger partial charge is 0.492 e. The lowest BCUT2D eigenvalue weighted by Crippen LogP contribution is -2.41. The summed E-state index contributed by atoms with van der Waals surface area (Å²) in [7, 11) is 0. The molecule has 0 radical (unpaired) electrons. The molecule has 1 fully saturated rings. The molecule has 7 heteroatoms. The highest BCUT2D eigenvalue weighted by Gasteiger charge is 2.33. The molecule has 1 aromatic carbocycles. The molecule has 5 rings (SSSR count). The molecule has 6 nitrogen and oxygen atoms in total. The van der Waals surface area contributed by atoms with Crippen LogP contribution in [0, 0.1) is 18.8 Å². The van der Waals surface area contributed by atoms with Gasteiger partial charge in [-0.15, -0.1) is 5.10 Å². The number of rotatable bonds is 4. The summed E-state index contributed by atoms with van der Waals surface area (Å²) < 4.78 is 6.95. The van der Waals surface area contributed by atoms with Crippen LogP contribution in [0.2, 0.25) is 0 Å². The van der Waals surface area contributed by atoms with Crippen LogP contribution < -0.4 is 0 Å². The van der Waals surface area contributed by atoms with E-state index in [0.29, 0.717) is 28.4 Å². The van der Waals surface area contributed by atoms with Crippen molar-refractivity contribution in [1.82, 2.24) is 19.5 Å². The van der Waals surface area contributed by atoms with Gasteiger partial charge in [-0.3, -0.25) is 4.90 Å². The molecule has 0 saturated carbocycles. The minimum Gasteiger partial charge on any atom is -0.492 e. The average molecular weight is 423 g/mol. The number of thiazole rings is 1. The molecule has 1 aliphatic rings. The van der Waals surface area contributed by atoms with E-state index in [1.165, 1.54) is 33.4 Å². The van der Waals surface area contributed by atoms with E-state index in [9.17, 15) is 5.11 Å². The summed E-state index contributed by atoms with van der Waals surface area (Å²) in [5.41, 5.74) is 2.42. The van der Waals surface area contributed by atoms with Gasteiger partial charge in [0.1, 0.15) is 0 Å². The van der Waals surface area contributed by atoms with Crippen molar-refractivity contribution in [2.75, 3.05) is 13.1 Å². The molecule has 1 aliphatic heterocycles. The lowest BCUT2D eigenvalue weighted by molar-refractivity contribution is 0.112. The van der Waals surface area contributed by atoms with Gasteiger partial charge in [0.25, 0.3) is 0 Å². The first-order valence-corrected chi connectivity index (χ1v) is 11.2. The van der Waals surface area contributed by atoms with Crippen molar-refractivity contribution < 1.29 is 9.52 Å². The predicted molar refractivity (Wildman–Crippen MR) is 118 cm³/mol. The van der Waals surface area contributed by atoms with Crippen LogP contribution >= 0.6 is 11.3 Å². The molecule has 0 bridgehead atoms. The minimum absolute atomic E-state index is 0.0173. The third kappa shape index (κ3) is 3.42. The van der Waals surface area contributed by atoms with Gasteiger partial charge < -0.3 is 9.52 Å². The number of aromatic nitrogens is 3. The number of likely N-dealkylation sites (tertiary alicyclic amines) is 1. The lowest BCUT2D eigenvalue weighted by Gasteiger charge is -2.40. The zero-order valence-electron chi connectivity index (χ0n) is 17.4. The highest BCUT2D eigenvalue weighted by atomic mass is 32.1. The second-order valence-electron chi connectivity index (χ2n) is 8.61. The molecule has 0 unspecified atom stereocenters. The Labute approximate surface area is 179 Å². The topological polar surface area (TPSA) is 66.8 Å². The van der Waals surface area contributed by atoms with Gasteiger partial charge in [-0.05, 0) is 42.9 Å². The summed E-state index contributed by atoms with van der Waals surface area (Å²) in [5.74, 6) is 2.49. The zero-order chi connectivity index (χ0) is 20.8. The molecule has 30 heavy (non-hydrogen) atoms. The first-order valence-electron chi connectivity index (χ1n) is 10.4. The number of benzene rings is 1. The van der Waals surface area contributed by atoms with Gasteiger partial charge in [0.15, 0.2) is 5.76 Å². The SMILES string of the molecule is Cc1ccc([C@H](c2sc3nc(-c4ccco4)nn3c2O)N2C[C@@H](C)C[C@H](C)C2)cc1. The smallest absolute Gasteiger partial charge is 0.230 e. The summed E-state index contributed by atoms with van der Waals surface area (Å²) in [6.07, 6.45) is 2.84. The van der Waals surface area contributed by atoms with E-state index in [1.54, 1.807) is 6.26 Å². The fourth-order valence-corrected chi connectivity index (χ4v) is 5.75. The Balaban J connectivity index is 1.60. The number of hydrogen-bond acceptors (Lipinski definition) is 6. The van der Waals surface area contributed by atoms with Crippen molar-refractivity contribution in [3.8, 4) is 17.5 Å². The number of furan rings is 1. The fourth-order valence-electron chi connectivity index (χ4n) is 4.64. The Bertz CT molecular complexity index is 1140. The van der Waals surface area contributed by atoms with E-state index in [4.69, 9.17) is 4.42 Å². The van der Waals surface area contributed by atoms with Gasteiger partial charge in [0.05, 0.1) is 17.2 Å². The van der Waals surface area contributed by atoms with Crippen molar-refractivity contribution in [3.63, 3.8) is 0 Å². The molecule has 1 saturated heterocycles. The fraction of sp³-hybridized carbons (Fsp3) is 0.391. The summed E-state index contributed by atoms with van der Waals surface area (Å²) in [6.45, 7) is 8.74. The van der Waals surface area contributed by atoms with Gasteiger partial charge in [0.2, 0.25) is 16.7 Å². The zero-order valence-corrected chi connectivity index (χ0v) is 18.3. The molecule has 3 aromatic heterocycles. The molecule has 4 heterocycles. The molecule has 4 aromatic rings. The number of nitrogens with zero attached hydrogens (tertiary/aromatic N) is 4. The number of hydrogen-bond donors (Lipinski definition) is 1. The molecular weight excluding hydrogens is 396 g/mol. The Hall–Kier alpha value is -2.64. The standard InChI is InChI=1S/C23H26N4O2S/c1-14-6-8-17(9-7-14)19(26-12-15(2)11-16(3)13-26)20-22(28)27-23(30-20)24-21(25-27)18-5-4-10-29-18/h4-10,15-16,19,28H,11-13H2,1-3H3/t15-,16-,19+/m0/s1. The molecule has 156 valence electrons. The highest BCUT2D eigenvalue weighted by Crippen LogP contribution is 2.42. The van der Waals surface area contributed by atoms with Crippen molar-refractivity contribution in [3.05, 3.63) is 58.7 Å². The maximum Gasteiger partial charge on any atom is 0.230 e. The van der Waals surface area contributed by atoms with Gasteiger partial charge in [-0.2, -0.15) is 9.50 Å². The second kappa shape index (κ2) is 7.56. The van der Waals surface area contributed by atoms with Crippen LogP contribution in [-0.4, -0.2) is 37.7 Å². The first kappa shape index (κ1) is 19.3. The van der Waals surface area contributed by atoms with Crippen LogP contribution in [0.25, 0.3) is 16.5 Å². The first-order chi connectivity index (χ1) is 14.5. The maximum absolute atomic E-state index is 11.2. The number of fused-ring (bicyclic) bond motifs is 1. The van der Waals surface area contributed by atoms with E-state index in [0.717, 1.165) is 18.0 Å². The van der Waals surface area contributed by atoms with Crippen LogP contribution in [-0.2, 0) is 0 Å². The maximum atomic E-state index is 11.2. The number of piperidine rings is 1. The third-order valence-corrected chi connectivity index (χ3v) is 6.92. The van der Waals surface area contributed by atoms with Crippen LogP contribution in [0.3, 0.4) is 0 Å². The predicted octanol–water partition coefficient (Wildman–Crippen LogP) is 5.13. The molecule has 0 aliphatic carbocycles. The van der Waals surface area contributed by atoms with Crippen LogP contribution in [0.15, 0.2) is 47.1 Å². The summed E-state index contributed by atoms with van der Waals surface area (Å²) >= 11 is 1.50. The molecular formula is C23H26N4O2S. The number of aryl methyl sites for hydroxylation is 1. The molecule has 1 N–H and O–H groups in total. The Morgan fingerprint density at radius 1 is 1.13 bits per heavy atom. The summed E-state index contributed by atoms with van der Waals surface area (Å²) in [4.78, 5) is 8.66. The van der Waals surface area contributed by atoms with Crippen molar-refractivity contribution in [2.45, 2.75) is 33.2 Å². The van der Waals surface area contributed by atoms with Gasteiger partial charge in [-0.25, -0.2) is 0 Å². The van der Waals surface area contributed by atoms with E-state index in [-0.39, 0.29) is 11.9 Å². The Morgan fingerprint density at radius 2 is 1.87 bits per heavy atom. The van der Waals surface area contributed by atoms with E-state index >= 15 is 0 Å². The van der Waals surface area contributed by atoms with Crippen LogP contribution in [0.1, 0.15) is 42.3 Å². The third-order valence-electron chi connectivity index (χ3n) is 5.84. The van der Waals surface area contributed by atoms with Crippen LogP contribution in [0.5, 0.6) is 5.88 Å². The molecule has 0 amide bonds. The Morgan fingerprint density at radius 3 is 2.50 bits per heavy atom. The van der Waals surface area contributed by atoms with Crippen molar-refractivity contribution in [2.24, 2.45) is 11.8 Å². The van der Waals surface area contributed by atoms with Crippen LogP contribution in [0.4, 0.5) is 0 Å². The van der Waals surface area contributed by atoms with E-state index < -0.39 is 0 Å². The summed E-state index contributed by atoms with van der Waals surface area (Å²) in [5, 5.41) is 15.7. The van der Waals surface area contributed by atoms with Crippen molar-refractivity contribution in [1.29, 1.82) is 0 Å². The molecule has 3 atom stereocenters. The number of aromatic hydroxyl groups is 1. The summed E-state index contributed by atoms with van der Waals surface area (Å²) in [6, 6.07) is 12.2. The highest BCUT2D eigenvalue weighted by molar-refractivity contribution is 7.17. The van der Waals surface area contributed by atoms with E-state index in [1.807, 2.05) is 12.1 Å². The monoisotopic (exact) mass is 422 g/mol. The van der Waals surface area contributed by atoms with Gasteiger partial charge >= 0.3 is 0 Å². The second-order valence-corrected chi connectivity index (χ2v) is 9.62.